The van der Waals surface area contributed by atoms with E-state index < -0.39 is 12.0 Å². The number of carbonyl (C=O) groups is 2. The number of thiocarbonyl (C=S) groups is 1. The maximum absolute atomic E-state index is 11.0. The van der Waals surface area contributed by atoms with Gasteiger partial charge in [0.15, 0.2) is 0 Å². The first-order valence-corrected chi connectivity index (χ1v) is 5.87. The molecule has 4 nitrogen and oxygen atoms in total. The van der Waals surface area contributed by atoms with E-state index in [1.807, 2.05) is 6.92 Å². The Labute approximate surface area is 101 Å². The van der Waals surface area contributed by atoms with Gasteiger partial charge in [-0.3, -0.25) is 0 Å². The minimum absolute atomic E-state index is 0.0487. The fourth-order valence-corrected chi connectivity index (χ4v) is 2.39. The molecule has 1 rings (SSSR count). The molecular weight excluding hydrogens is 226 g/mol. The van der Waals surface area contributed by atoms with Gasteiger partial charge in [-0.25, -0.2) is 4.79 Å². The first kappa shape index (κ1) is 13.1. The molecule has 2 atom stereocenters. The van der Waals surface area contributed by atoms with Crippen molar-refractivity contribution in [3.63, 3.8) is 0 Å². The van der Waals surface area contributed by atoms with Gasteiger partial charge in [0.05, 0.1) is 4.99 Å². The van der Waals surface area contributed by atoms with Crippen molar-refractivity contribution < 1.29 is 14.7 Å². The molecule has 0 aromatic heterocycles. The molecule has 1 fully saturated rings. The molecule has 0 saturated carbocycles. The lowest BCUT2D eigenvalue weighted by molar-refractivity contribution is -0.140. The molecule has 0 spiro atoms. The lowest BCUT2D eigenvalue weighted by Crippen LogP contribution is -2.42. The highest BCUT2D eigenvalue weighted by Crippen LogP contribution is 2.22. The third kappa shape index (κ3) is 3.01. The van der Waals surface area contributed by atoms with Crippen LogP contribution in [0.25, 0.3) is 0 Å². The van der Waals surface area contributed by atoms with Crippen LogP contribution in [-0.2, 0) is 9.59 Å². The van der Waals surface area contributed by atoms with Crippen molar-refractivity contribution in [2.24, 2.45) is 5.92 Å². The zero-order valence-electron chi connectivity index (χ0n) is 9.60. The molecule has 1 saturated heterocycles. The lowest BCUT2D eigenvalue weighted by atomic mass is 10.0. The monoisotopic (exact) mass is 243 g/mol. The number of nitrogens with zero attached hydrogens (tertiary/aromatic N) is 1. The van der Waals surface area contributed by atoms with E-state index in [2.05, 4.69) is 0 Å². The number of ketones is 1. The molecule has 1 aliphatic heterocycles. The average molecular weight is 243 g/mol. The van der Waals surface area contributed by atoms with Crippen molar-refractivity contribution in [1.82, 2.24) is 4.90 Å². The molecule has 16 heavy (non-hydrogen) atoms. The molecular formula is C11H17NO3S. The number of hydrogen-bond acceptors (Lipinski definition) is 3. The number of Topliss-reactive ketones (excluding diaryl/α,β-unsaturated/α-hetero) is 1. The van der Waals surface area contributed by atoms with Crippen LogP contribution in [-0.4, -0.2) is 39.3 Å². The Bertz CT molecular complexity index is 316. The molecule has 1 aliphatic rings. The Hall–Kier alpha value is -0.970. The van der Waals surface area contributed by atoms with Gasteiger partial charge in [-0.05, 0) is 19.8 Å². The van der Waals surface area contributed by atoms with Crippen LogP contribution in [0.15, 0.2) is 0 Å². The van der Waals surface area contributed by atoms with E-state index in [4.69, 9.17) is 17.3 Å². The van der Waals surface area contributed by atoms with Gasteiger partial charge in [-0.15, -0.1) is 0 Å². The third-order valence-electron chi connectivity index (χ3n) is 2.84. The van der Waals surface area contributed by atoms with Crippen LogP contribution in [0.4, 0.5) is 0 Å². The highest BCUT2D eigenvalue weighted by atomic mass is 32.1. The second-order valence-electron chi connectivity index (χ2n) is 4.34. The summed E-state index contributed by atoms with van der Waals surface area (Å²) in [5.74, 6) is -0.789. The summed E-state index contributed by atoms with van der Waals surface area (Å²) in [4.78, 5) is 24.4. The van der Waals surface area contributed by atoms with Gasteiger partial charge in [0, 0.05) is 18.9 Å². The second-order valence-corrected chi connectivity index (χ2v) is 4.75. The van der Waals surface area contributed by atoms with Gasteiger partial charge in [0.25, 0.3) is 0 Å². The third-order valence-corrected chi connectivity index (χ3v) is 3.47. The zero-order valence-corrected chi connectivity index (χ0v) is 10.4. The predicted octanol–water partition coefficient (Wildman–Crippen LogP) is 1.48. The highest BCUT2D eigenvalue weighted by molar-refractivity contribution is 7.80. The summed E-state index contributed by atoms with van der Waals surface area (Å²) in [5.41, 5.74) is 0. The Morgan fingerprint density at radius 3 is 2.69 bits per heavy atom. The molecule has 0 aliphatic carbocycles. The molecule has 0 bridgehead atoms. The summed E-state index contributed by atoms with van der Waals surface area (Å²) in [6.45, 7) is 4.09. The topological polar surface area (TPSA) is 57.6 Å². The molecule has 1 N–H and O–H groups in total. The maximum atomic E-state index is 11.0. The standard InChI is InChI=1S/C11H17NO3S/c1-7(6-8(2)13)10(16)12-5-3-4-9(12)11(14)15/h7,9H,3-6H2,1-2H3,(H,14,15)/t7-,9-/m0/s1. The number of carboxylic acid groups (broad SMARTS) is 1. The minimum atomic E-state index is -0.824. The molecule has 5 heteroatoms. The van der Waals surface area contributed by atoms with E-state index in [0.29, 0.717) is 24.4 Å². The molecule has 90 valence electrons. The highest BCUT2D eigenvalue weighted by Gasteiger charge is 2.33. The van der Waals surface area contributed by atoms with E-state index in [-0.39, 0.29) is 11.7 Å². The molecule has 0 aromatic rings. The number of rotatable bonds is 4. The number of hydrogen-bond donors (Lipinski definition) is 1. The zero-order chi connectivity index (χ0) is 12.3. The van der Waals surface area contributed by atoms with E-state index in [9.17, 15) is 9.59 Å². The molecule has 0 amide bonds. The number of likely N-dealkylation sites (tertiary alicyclic amines) is 1. The Morgan fingerprint density at radius 1 is 1.56 bits per heavy atom. The summed E-state index contributed by atoms with van der Waals surface area (Å²) in [6.07, 6.45) is 1.88. The number of carbonyl (C=O) groups excluding carboxylic acids is 1. The van der Waals surface area contributed by atoms with Crippen molar-refractivity contribution in [2.45, 2.75) is 39.2 Å². The van der Waals surface area contributed by atoms with Crippen molar-refractivity contribution >= 4 is 29.0 Å². The maximum Gasteiger partial charge on any atom is 0.326 e. The van der Waals surface area contributed by atoms with Gasteiger partial charge in [0.1, 0.15) is 11.8 Å². The van der Waals surface area contributed by atoms with Gasteiger partial charge >= 0.3 is 5.97 Å². The van der Waals surface area contributed by atoms with E-state index in [1.165, 1.54) is 6.92 Å². The largest absolute Gasteiger partial charge is 0.480 e. The van der Waals surface area contributed by atoms with Crippen molar-refractivity contribution in [3.8, 4) is 0 Å². The predicted molar refractivity (Wildman–Crippen MR) is 64.4 cm³/mol. The van der Waals surface area contributed by atoms with E-state index in [0.717, 1.165) is 6.42 Å². The van der Waals surface area contributed by atoms with Crippen LogP contribution in [0.5, 0.6) is 0 Å². The Morgan fingerprint density at radius 2 is 2.19 bits per heavy atom. The summed E-state index contributed by atoms with van der Waals surface area (Å²) in [7, 11) is 0. The van der Waals surface area contributed by atoms with Crippen molar-refractivity contribution in [1.29, 1.82) is 0 Å². The summed E-state index contributed by atoms with van der Waals surface area (Å²) in [5, 5.41) is 9.03. The van der Waals surface area contributed by atoms with E-state index in [1.54, 1.807) is 4.90 Å². The summed E-state index contributed by atoms with van der Waals surface area (Å²) < 4.78 is 0. The summed E-state index contributed by atoms with van der Waals surface area (Å²) >= 11 is 5.26. The summed E-state index contributed by atoms with van der Waals surface area (Å²) in [6, 6.07) is -0.498. The Balaban J connectivity index is 2.65. The fraction of sp³-hybridized carbons (Fsp3) is 0.727. The SMILES string of the molecule is CC(=O)C[C@H](C)C(=S)N1CCC[C@H]1C(=O)O. The quantitative estimate of drug-likeness (QED) is 0.758. The van der Waals surface area contributed by atoms with Crippen LogP contribution in [0.3, 0.4) is 0 Å². The van der Waals surface area contributed by atoms with Crippen molar-refractivity contribution in [3.05, 3.63) is 0 Å². The van der Waals surface area contributed by atoms with E-state index >= 15 is 0 Å². The minimum Gasteiger partial charge on any atom is -0.480 e. The second kappa shape index (κ2) is 5.39. The van der Waals surface area contributed by atoms with Crippen LogP contribution in [0.1, 0.15) is 33.1 Å². The van der Waals surface area contributed by atoms with Gasteiger partial charge in [0.2, 0.25) is 0 Å². The molecule has 0 unspecified atom stereocenters. The number of carboxylic acids is 1. The van der Waals surface area contributed by atoms with Crippen LogP contribution >= 0.6 is 12.2 Å². The van der Waals surface area contributed by atoms with Crippen LogP contribution < -0.4 is 0 Å². The van der Waals surface area contributed by atoms with Crippen molar-refractivity contribution in [2.75, 3.05) is 6.54 Å². The van der Waals surface area contributed by atoms with Crippen LogP contribution in [0, 0.1) is 5.92 Å². The molecule has 0 radical (unpaired) electrons. The first-order chi connectivity index (χ1) is 7.43. The van der Waals surface area contributed by atoms with Gasteiger partial charge < -0.3 is 14.8 Å². The first-order valence-electron chi connectivity index (χ1n) is 5.46. The number of aliphatic carboxylic acids is 1. The van der Waals surface area contributed by atoms with Gasteiger partial charge in [-0.1, -0.05) is 19.1 Å². The smallest absolute Gasteiger partial charge is 0.326 e. The fourth-order valence-electron chi connectivity index (χ4n) is 2.09. The molecule has 0 aromatic carbocycles. The average Bonchev–Trinajstić information content (AvgIpc) is 2.63. The Kier molecular flexibility index (Phi) is 4.41. The molecule has 1 heterocycles. The van der Waals surface area contributed by atoms with Crippen LogP contribution in [0.2, 0.25) is 0 Å². The van der Waals surface area contributed by atoms with Gasteiger partial charge in [-0.2, -0.15) is 0 Å². The lowest BCUT2D eigenvalue weighted by Gasteiger charge is -2.27. The normalized spacial score (nSPS) is 21.9.